The second kappa shape index (κ2) is 9.99. The molecule has 1 aromatic carbocycles. The van der Waals surface area contributed by atoms with Crippen LogP contribution in [0.15, 0.2) is 24.3 Å². The largest absolute Gasteiger partial charge is 0.481 e. The van der Waals surface area contributed by atoms with Gasteiger partial charge < -0.3 is 5.11 Å². The average Bonchev–Trinajstić information content (AvgIpc) is 2.63. The molecule has 1 fully saturated rings. The first-order valence-electron chi connectivity index (χ1n) is 10.4. The van der Waals surface area contributed by atoms with Gasteiger partial charge in [-0.25, -0.2) is 0 Å². The molecular weight excluding hydrogens is 308 g/mol. The van der Waals surface area contributed by atoms with Gasteiger partial charge in [-0.3, -0.25) is 4.79 Å². The number of rotatable bonds is 10. The third-order valence-corrected chi connectivity index (χ3v) is 6.19. The third kappa shape index (κ3) is 5.33. The molecule has 2 heteroatoms. The maximum atomic E-state index is 11.4. The highest BCUT2D eigenvalue weighted by Crippen LogP contribution is 2.46. The predicted molar refractivity (Wildman–Crippen MR) is 105 cm³/mol. The van der Waals surface area contributed by atoms with Crippen molar-refractivity contribution in [2.75, 3.05) is 0 Å². The summed E-state index contributed by atoms with van der Waals surface area (Å²) in [6.07, 6.45) is 13.7. The molecule has 1 aromatic rings. The number of carboxylic acids is 1. The lowest BCUT2D eigenvalue weighted by atomic mass is 9.63. The summed E-state index contributed by atoms with van der Waals surface area (Å²) in [5.74, 6) is -0.732. The molecule has 0 aromatic heterocycles. The molecule has 2 nitrogen and oxygen atoms in total. The maximum Gasteiger partial charge on any atom is 0.306 e. The minimum Gasteiger partial charge on any atom is -0.481 e. The number of hydrogen-bond donors (Lipinski definition) is 1. The smallest absolute Gasteiger partial charge is 0.306 e. The number of carboxylic acid groups (broad SMARTS) is 1. The first-order valence-corrected chi connectivity index (χ1v) is 10.4. The minimum absolute atomic E-state index is 0.133. The van der Waals surface area contributed by atoms with Gasteiger partial charge in [-0.2, -0.15) is 0 Å². The van der Waals surface area contributed by atoms with E-state index in [0.29, 0.717) is 0 Å². The van der Waals surface area contributed by atoms with E-state index in [9.17, 15) is 9.90 Å². The molecule has 0 radical (unpaired) electrons. The molecule has 0 heterocycles. The fourth-order valence-electron chi connectivity index (χ4n) is 4.61. The Hall–Kier alpha value is -1.31. The normalized spacial score (nSPS) is 23.5. The lowest BCUT2D eigenvalue weighted by Gasteiger charge is -2.41. The van der Waals surface area contributed by atoms with Crippen LogP contribution in [0.4, 0.5) is 0 Å². The molecule has 1 N–H and O–H groups in total. The van der Waals surface area contributed by atoms with Crippen molar-refractivity contribution in [2.45, 2.75) is 96.3 Å². The Kier molecular flexibility index (Phi) is 7.99. The number of aryl methyl sites for hydroxylation is 1. The number of carbonyl (C=O) groups is 1. The van der Waals surface area contributed by atoms with Crippen molar-refractivity contribution in [3.05, 3.63) is 35.4 Å². The zero-order chi connectivity index (χ0) is 18.1. The van der Waals surface area contributed by atoms with Crippen molar-refractivity contribution in [2.24, 2.45) is 5.92 Å². The molecule has 0 unspecified atom stereocenters. The van der Waals surface area contributed by atoms with Crippen LogP contribution in [0.2, 0.25) is 0 Å². The van der Waals surface area contributed by atoms with Crippen molar-refractivity contribution in [1.82, 2.24) is 0 Å². The molecule has 0 amide bonds. The van der Waals surface area contributed by atoms with Crippen molar-refractivity contribution >= 4 is 5.97 Å². The zero-order valence-corrected chi connectivity index (χ0v) is 16.2. The first-order chi connectivity index (χ1) is 12.1. The van der Waals surface area contributed by atoms with Crippen molar-refractivity contribution < 1.29 is 9.90 Å². The van der Waals surface area contributed by atoms with Gasteiger partial charge >= 0.3 is 5.97 Å². The lowest BCUT2D eigenvalue weighted by Crippen LogP contribution is -2.35. The van der Waals surface area contributed by atoms with Gasteiger partial charge in [0.15, 0.2) is 0 Å². The maximum absolute atomic E-state index is 11.4. The highest BCUT2D eigenvalue weighted by molar-refractivity contribution is 5.70. The standard InChI is InChI=1S/C23H36O2/c1-3-5-7-11-19-12-8-9-13-21(19)23(16-10-6-4-2)17-14-20(15-18-23)22(24)25/h8-9,12-13,20H,3-7,10-11,14-18H2,1-2H3,(H,24,25). The molecule has 140 valence electrons. The van der Waals surface area contributed by atoms with E-state index in [-0.39, 0.29) is 11.3 Å². The Bertz CT molecular complexity index is 527. The summed E-state index contributed by atoms with van der Waals surface area (Å²) in [7, 11) is 0. The van der Waals surface area contributed by atoms with Crippen LogP contribution in [-0.4, -0.2) is 11.1 Å². The molecule has 1 aliphatic rings. The van der Waals surface area contributed by atoms with E-state index < -0.39 is 5.97 Å². The molecule has 25 heavy (non-hydrogen) atoms. The van der Waals surface area contributed by atoms with Crippen molar-refractivity contribution in [1.29, 1.82) is 0 Å². The highest BCUT2D eigenvalue weighted by Gasteiger charge is 2.39. The molecule has 1 aliphatic carbocycles. The topological polar surface area (TPSA) is 37.3 Å². The fraction of sp³-hybridized carbons (Fsp3) is 0.696. The van der Waals surface area contributed by atoms with E-state index >= 15 is 0 Å². The summed E-state index contributed by atoms with van der Waals surface area (Å²) >= 11 is 0. The van der Waals surface area contributed by atoms with Crippen LogP contribution in [0, 0.1) is 5.92 Å². The van der Waals surface area contributed by atoms with Gasteiger partial charge in [0.05, 0.1) is 5.92 Å². The second-order valence-electron chi connectivity index (χ2n) is 7.96. The highest BCUT2D eigenvalue weighted by atomic mass is 16.4. The van der Waals surface area contributed by atoms with Gasteiger partial charge in [-0.05, 0) is 61.5 Å². The molecule has 0 atom stereocenters. The van der Waals surface area contributed by atoms with E-state index in [1.54, 1.807) is 0 Å². The fourth-order valence-corrected chi connectivity index (χ4v) is 4.61. The molecule has 0 aliphatic heterocycles. The Morgan fingerprint density at radius 1 is 1.04 bits per heavy atom. The summed E-state index contributed by atoms with van der Waals surface area (Å²) in [5, 5.41) is 9.39. The first kappa shape index (κ1) is 20.0. The third-order valence-electron chi connectivity index (χ3n) is 6.19. The van der Waals surface area contributed by atoms with E-state index in [1.807, 2.05) is 0 Å². The quantitative estimate of drug-likeness (QED) is 0.491. The number of unbranched alkanes of at least 4 members (excludes halogenated alkanes) is 4. The Morgan fingerprint density at radius 3 is 2.32 bits per heavy atom. The number of aliphatic carboxylic acids is 1. The summed E-state index contributed by atoms with van der Waals surface area (Å²) < 4.78 is 0. The average molecular weight is 345 g/mol. The molecule has 0 bridgehead atoms. The van der Waals surface area contributed by atoms with Crippen molar-refractivity contribution in [3.63, 3.8) is 0 Å². The van der Waals surface area contributed by atoms with Crippen LogP contribution in [0.1, 0.15) is 95.6 Å². The summed E-state index contributed by atoms with van der Waals surface area (Å²) in [5.41, 5.74) is 3.26. The Labute approximate surface area is 154 Å². The molecule has 2 rings (SSSR count). The van der Waals surface area contributed by atoms with Crippen LogP contribution < -0.4 is 0 Å². The summed E-state index contributed by atoms with van der Waals surface area (Å²) in [6.45, 7) is 4.51. The summed E-state index contributed by atoms with van der Waals surface area (Å²) in [4.78, 5) is 11.4. The van der Waals surface area contributed by atoms with Crippen LogP contribution >= 0.6 is 0 Å². The van der Waals surface area contributed by atoms with Gasteiger partial charge in [0.2, 0.25) is 0 Å². The molecule has 0 spiro atoms. The zero-order valence-electron chi connectivity index (χ0n) is 16.2. The number of hydrogen-bond acceptors (Lipinski definition) is 1. The van der Waals surface area contributed by atoms with Gasteiger partial charge in [-0.15, -0.1) is 0 Å². The van der Waals surface area contributed by atoms with E-state index in [4.69, 9.17) is 0 Å². The number of benzene rings is 1. The van der Waals surface area contributed by atoms with Crippen LogP contribution in [0.25, 0.3) is 0 Å². The Morgan fingerprint density at radius 2 is 1.68 bits per heavy atom. The molecule has 0 saturated heterocycles. The van der Waals surface area contributed by atoms with Gasteiger partial charge in [-0.1, -0.05) is 70.2 Å². The monoisotopic (exact) mass is 344 g/mol. The van der Waals surface area contributed by atoms with Gasteiger partial charge in [0.25, 0.3) is 0 Å². The van der Waals surface area contributed by atoms with Crippen LogP contribution in [-0.2, 0) is 16.6 Å². The summed E-state index contributed by atoms with van der Waals surface area (Å²) in [6, 6.07) is 9.01. The Balaban J connectivity index is 2.22. The molecule has 1 saturated carbocycles. The van der Waals surface area contributed by atoms with E-state index in [0.717, 1.165) is 25.7 Å². The predicted octanol–water partition coefficient (Wildman–Crippen LogP) is 6.51. The van der Waals surface area contributed by atoms with E-state index in [2.05, 4.69) is 38.1 Å². The van der Waals surface area contributed by atoms with Gasteiger partial charge in [0, 0.05) is 0 Å². The SMILES string of the molecule is CCCCCc1ccccc1C1(CCCCC)CCC(C(=O)O)CC1. The van der Waals surface area contributed by atoms with Crippen molar-refractivity contribution in [3.8, 4) is 0 Å². The second-order valence-corrected chi connectivity index (χ2v) is 7.96. The molecular formula is C23H36O2. The van der Waals surface area contributed by atoms with Gasteiger partial charge in [0.1, 0.15) is 0 Å². The lowest BCUT2D eigenvalue weighted by molar-refractivity contribution is -0.143. The van der Waals surface area contributed by atoms with Crippen LogP contribution in [0.5, 0.6) is 0 Å². The van der Waals surface area contributed by atoms with Crippen LogP contribution in [0.3, 0.4) is 0 Å². The van der Waals surface area contributed by atoms with E-state index in [1.165, 1.54) is 62.5 Å². The minimum atomic E-state index is -0.599.